The van der Waals surface area contributed by atoms with Crippen LogP contribution in [0.1, 0.15) is 41.6 Å². The first-order chi connectivity index (χ1) is 18.9. The van der Waals surface area contributed by atoms with Gasteiger partial charge >= 0.3 is 6.01 Å². The second-order valence-corrected chi connectivity index (χ2v) is 10.8. The molecule has 4 heterocycles. The van der Waals surface area contributed by atoms with Gasteiger partial charge in [-0.1, -0.05) is 12.6 Å². The molecule has 0 spiro atoms. The lowest BCUT2D eigenvalue weighted by Crippen LogP contribution is -2.55. The first-order valence-corrected chi connectivity index (χ1v) is 13.6. The number of hydrogen-bond donors (Lipinski definition) is 0. The molecule has 1 aromatic heterocycles. The van der Waals surface area contributed by atoms with Gasteiger partial charge in [-0.15, -0.1) is 0 Å². The molecule has 0 radical (unpaired) electrons. The number of halogens is 1. The Hall–Kier alpha value is -3.55. The Morgan fingerprint density at radius 1 is 1.26 bits per heavy atom. The van der Waals surface area contributed by atoms with Crippen molar-refractivity contribution in [1.82, 2.24) is 24.7 Å². The average Bonchev–Trinajstić information content (AvgIpc) is 3.53. The van der Waals surface area contributed by atoms with Crippen molar-refractivity contribution in [3.05, 3.63) is 59.1 Å². The number of carbonyl (C=O) groups excluding carboxylic acids is 1. The highest BCUT2D eigenvalue weighted by atomic mass is 19.1. The molecule has 3 aliphatic heterocycles. The minimum Gasteiger partial charge on any atom is -0.462 e. The Morgan fingerprint density at radius 3 is 2.85 bits per heavy atom. The van der Waals surface area contributed by atoms with E-state index in [0.717, 1.165) is 47.6 Å². The summed E-state index contributed by atoms with van der Waals surface area (Å²) in [7, 11) is 2.11. The number of aryl methyl sites for hydroxylation is 1. The highest BCUT2D eigenvalue weighted by Crippen LogP contribution is 2.34. The van der Waals surface area contributed by atoms with Crippen LogP contribution in [0.3, 0.4) is 0 Å². The number of amides is 1. The van der Waals surface area contributed by atoms with Gasteiger partial charge in [0.15, 0.2) is 0 Å². The van der Waals surface area contributed by atoms with E-state index in [9.17, 15) is 14.4 Å². The second kappa shape index (κ2) is 11.7. The number of benzene rings is 1. The molecule has 2 aromatic rings. The number of aromatic nitrogens is 2. The van der Waals surface area contributed by atoms with Crippen LogP contribution in [-0.4, -0.2) is 82.5 Å². The zero-order valence-corrected chi connectivity index (χ0v) is 22.8. The summed E-state index contributed by atoms with van der Waals surface area (Å²) in [6.07, 6.45) is 3.78. The number of rotatable bonds is 8. The van der Waals surface area contributed by atoms with Crippen LogP contribution < -0.4 is 9.64 Å². The van der Waals surface area contributed by atoms with Gasteiger partial charge in [-0.3, -0.25) is 9.69 Å². The largest absolute Gasteiger partial charge is 0.462 e. The van der Waals surface area contributed by atoms with E-state index in [1.165, 1.54) is 12.1 Å². The van der Waals surface area contributed by atoms with Crippen LogP contribution in [0.25, 0.3) is 0 Å². The number of nitrogens with zero attached hydrogens (tertiary/aromatic N) is 7. The van der Waals surface area contributed by atoms with Crippen LogP contribution in [0.4, 0.5) is 10.2 Å². The van der Waals surface area contributed by atoms with Gasteiger partial charge < -0.3 is 19.4 Å². The minimum atomic E-state index is -0.260. The monoisotopic (exact) mass is 533 g/mol. The molecular formula is C29H36FN7O2. The van der Waals surface area contributed by atoms with E-state index in [2.05, 4.69) is 34.4 Å². The minimum absolute atomic E-state index is 0.163. The number of anilines is 1. The maximum absolute atomic E-state index is 14.0. The molecule has 206 valence electrons. The summed E-state index contributed by atoms with van der Waals surface area (Å²) in [4.78, 5) is 30.6. The Bertz CT molecular complexity index is 1280. The van der Waals surface area contributed by atoms with Crippen molar-refractivity contribution >= 4 is 11.7 Å². The molecule has 39 heavy (non-hydrogen) atoms. The normalized spacial score (nSPS) is 21.6. The Kier molecular flexibility index (Phi) is 8.10. The van der Waals surface area contributed by atoms with E-state index in [0.29, 0.717) is 57.9 Å². The SMILES string of the molecule is C=CC(=O)N1CCN(c2nc(OC[C@@H]3CCCN3C)nc3c2CN(Cc2cc(F)ccc2C)C3)C[C@@H]1CC#N. The van der Waals surface area contributed by atoms with E-state index in [1.807, 2.05) is 13.0 Å². The summed E-state index contributed by atoms with van der Waals surface area (Å²) in [6, 6.07) is 7.55. The van der Waals surface area contributed by atoms with Crippen molar-refractivity contribution in [3.8, 4) is 12.1 Å². The fraction of sp³-hybridized carbons (Fsp3) is 0.517. The summed E-state index contributed by atoms with van der Waals surface area (Å²) < 4.78 is 20.1. The molecule has 0 saturated carbocycles. The van der Waals surface area contributed by atoms with E-state index < -0.39 is 0 Å². The molecule has 0 unspecified atom stereocenters. The lowest BCUT2D eigenvalue weighted by molar-refractivity contribution is -0.128. The fourth-order valence-electron chi connectivity index (χ4n) is 5.86. The molecule has 10 heteroatoms. The summed E-state index contributed by atoms with van der Waals surface area (Å²) in [5.74, 6) is 0.391. The average molecular weight is 534 g/mol. The van der Waals surface area contributed by atoms with Crippen molar-refractivity contribution in [1.29, 1.82) is 5.26 Å². The Morgan fingerprint density at radius 2 is 2.10 bits per heavy atom. The smallest absolute Gasteiger partial charge is 0.318 e. The first-order valence-electron chi connectivity index (χ1n) is 13.6. The standard InChI is InChI=1S/C29H36FN7O2/c1-4-27(38)37-13-12-36(16-23(37)9-10-31)28-25-17-35(15-21-14-22(30)8-7-20(21)2)18-26(25)32-29(33-28)39-19-24-6-5-11-34(24)3/h4,7-8,14,23-24H,1,5-6,9,11-13,15-19H2,2-3H3/t23-,24-/m0/s1. The van der Waals surface area contributed by atoms with Gasteiger partial charge in [0, 0.05) is 50.9 Å². The van der Waals surface area contributed by atoms with Gasteiger partial charge in [0.05, 0.1) is 24.2 Å². The number of nitriles is 1. The number of carbonyl (C=O) groups is 1. The number of hydrogen-bond acceptors (Lipinski definition) is 8. The quantitative estimate of drug-likeness (QED) is 0.479. The van der Waals surface area contributed by atoms with Crippen LogP contribution in [0, 0.1) is 24.1 Å². The summed E-state index contributed by atoms with van der Waals surface area (Å²) in [6.45, 7) is 10.6. The van der Waals surface area contributed by atoms with Gasteiger partial charge in [-0.05, 0) is 62.7 Å². The van der Waals surface area contributed by atoms with Gasteiger partial charge in [0.25, 0.3) is 0 Å². The number of likely N-dealkylation sites (tertiary alicyclic amines) is 1. The third kappa shape index (κ3) is 5.89. The lowest BCUT2D eigenvalue weighted by atomic mass is 10.1. The number of ether oxygens (including phenoxy) is 1. The number of piperazine rings is 1. The first kappa shape index (κ1) is 27.0. The second-order valence-electron chi connectivity index (χ2n) is 10.8. The third-order valence-electron chi connectivity index (χ3n) is 8.15. The van der Waals surface area contributed by atoms with Crippen LogP contribution in [0.2, 0.25) is 0 Å². The lowest BCUT2D eigenvalue weighted by Gasteiger charge is -2.41. The zero-order chi connectivity index (χ0) is 27.5. The maximum Gasteiger partial charge on any atom is 0.318 e. The van der Waals surface area contributed by atoms with Crippen molar-refractivity contribution < 1.29 is 13.9 Å². The van der Waals surface area contributed by atoms with E-state index in [1.54, 1.807) is 11.0 Å². The van der Waals surface area contributed by atoms with Crippen molar-refractivity contribution in [2.24, 2.45) is 0 Å². The number of fused-ring (bicyclic) bond motifs is 1. The topological polar surface area (TPSA) is 88.8 Å². The highest BCUT2D eigenvalue weighted by Gasteiger charge is 2.34. The van der Waals surface area contributed by atoms with E-state index >= 15 is 0 Å². The van der Waals surface area contributed by atoms with E-state index in [-0.39, 0.29) is 24.2 Å². The van der Waals surface area contributed by atoms with Gasteiger partial charge in [-0.25, -0.2) is 4.39 Å². The predicted octanol–water partition coefficient (Wildman–Crippen LogP) is 3.03. The molecule has 2 saturated heterocycles. The molecule has 1 amide bonds. The molecule has 0 bridgehead atoms. The Labute approximate surface area is 229 Å². The van der Waals surface area contributed by atoms with Crippen LogP contribution in [0.5, 0.6) is 6.01 Å². The summed E-state index contributed by atoms with van der Waals surface area (Å²) >= 11 is 0. The molecule has 3 aliphatic rings. The van der Waals surface area contributed by atoms with Gasteiger partial charge in [-0.2, -0.15) is 15.2 Å². The Balaban J connectivity index is 1.41. The zero-order valence-electron chi connectivity index (χ0n) is 22.8. The molecule has 0 N–H and O–H groups in total. The van der Waals surface area contributed by atoms with Crippen molar-refractivity contribution in [2.45, 2.75) is 57.9 Å². The summed E-state index contributed by atoms with van der Waals surface area (Å²) in [5, 5.41) is 9.44. The van der Waals surface area contributed by atoms with E-state index in [4.69, 9.17) is 14.7 Å². The van der Waals surface area contributed by atoms with Gasteiger partial charge in [0.2, 0.25) is 5.91 Å². The highest BCUT2D eigenvalue weighted by molar-refractivity contribution is 5.87. The molecule has 2 atom stereocenters. The molecular weight excluding hydrogens is 497 g/mol. The van der Waals surface area contributed by atoms with Crippen LogP contribution in [-0.2, 0) is 24.4 Å². The van der Waals surface area contributed by atoms with Crippen molar-refractivity contribution in [2.75, 3.05) is 44.7 Å². The van der Waals surface area contributed by atoms with Gasteiger partial charge in [0.1, 0.15) is 18.2 Å². The molecule has 0 aliphatic carbocycles. The third-order valence-corrected chi connectivity index (χ3v) is 8.15. The molecule has 2 fully saturated rings. The van der Waals surface area contributed by atoms with Crippen LogP contribution >= 0.6 is 0 Å². The maximum atomic E-state index is 14.0. The van der Waals surface area contributed by atoms with Crippen molar-refractivity contribution in [3.63, 3.8) is 0 Å². The van der Waals surface area contributed by atoms with Crippen LogP contribution in [0.15, 0.2) is 30.9 Å². The molecule has 9 nitrogen and oxygen atoms in total. The molecule has 1 aromatic carbocycles. The predicted molar refractivity (Wildman–Crippen MR) is 145 cm³/mol. The molecule has 5 rings (SSSR count). The fourth-order valence-corrected chi connectivity index (χ4v) is 5.86. The summed E-state index contributed by atoms with van der Waals surface area (Å²) in [5.41, 5.74) is 3.92. The number of likely N-dealkylation sites (N-methyl/N-ethyl adjacent to an activating group) is 1.